The van der Waals surface area contributed by atoms with Gasteiger partial charge in [0.1, 0.15) is 5.69 Å². The van der Waals surface area contributed by atoms with E-state index in [4.69, 9.17) is 5.11 Å². The summed E-state index contributed by atoms with van der Waals surface area (Å²) in [6, 6.07) is 0. The fraction of sp³-hybridized carbons (Fsp3) is 0.455. The lowest BCUT2D eigenvalue weighted by Crippen LogP contribution is -2.27. The van der Waals surface area contributed by atoms with E-state index in [-0.39, 0.29) is 40.9 Å². The first kappa shape index (κ1) is 16.4. The van der Waals surface area contributed by atoms with Gasteiger partial charge in [-0.25, -0.2) is 4.79 Å². The molecule has 0 fully saturated rings. The van der Waals surface area contributed by atoms with Gasteiger partial charge in [-0.05, 0) is 31.2 Å². The Morgan fingerprint density at radius 3 is 2.40 bits per heavy atom. The fourth-order valence-electron chi connectivity index (χ4n) is 1.72. The number of carboxylic acid groups (broad SMARTS) is 1. The summed E-state index contributed by atoms with van der Waals surface area (Å²) < 4.78 is 35.7. The number of aromatic amines is 1. The molecule has 0 aliphatic heterocycles. The summed E-state index contributed by atoms with van der Waals surface area (Å²) in [6.07, 6.45) is 0. The molecule has 0 saturated carbocycles. The van der Waals surface area contributed by atoms with E-state index in [1.165, 1.54) is 13.8 Å². The molecular weight excluding hydrogens is 297 g/mol. The molecule has 3 N–H and O–H groups in total. The van der Waals surface area contributed by atoms with E-state index in [0.717, 1.165) is 0 Å². The van der Waals surface area contributed by atoms with Crippen LogP contribution in [-0.4, -0.2) is 39.8 Å². The third kappa shape index (κ3) is 4.19. The number of aryl methyl sites for hydroxylation is 1. The number of aromatic carboxylic acids is 1. The van der Waals surface area contributed by atoms with E-state index < -0.39 is 17.4 Å². The van der Waals surface area contributed by atoms with Crippen LogP contribution in [-0.2, 0) is 0 Å². The SMILES string of the molecule is Cc1[nH]c(C(=O)O)c(C)c1C(=O)NCCSC(F)(F)F. The minimum atomic E-state index is -4.33. The van der Waals surface area contributed by atoms with Crippen molar-refractivity contribution in [3.8, 4) is 0 Å². The quantitative estimate of drug-likeness (QED) is 0.729. The molecule has 9 heteroatoms. The maximum Gasteiger partial charge on any atom is 0.441 e. The normalized spacial score (nSPS) is 11.4. The molecular formula is C11H13F3N2O3S. The molecule has 112 valence electrons. The molecule has 1 aromatic rings. The molecule has 20 heavy (non-hydrogen) atoms. The lowest BCUT2D eigenvalue weighted by molar-refractivity contribution is -0.0327. The van der Waals surface area contributed by atoms with E-state index in [0.29, 0.717) is 5.69 Å². The molecule has 0 aromatic carbocycles. The van der Waals surface area contributed by atoms with Crippen LogP contribution in [0.25, 0.3) is 0 Å². The van der Waals surface area contributed by atoms with Gasteiger partial charge in [-0.15, -0.1) is 0 Å². The number of carboxylic acids is 1. The molecule has 0 atom stereocenters. The van der Waals surface area contributed by atoms with Gasteiger partial charge in [-0.1, -0.05) is 0 Å². The van der Waals surface area contributed by atoms with Crippen molar-refractivity contribution in [1.29, 1.82) is 0 Å². The van der Waals surface area contributed by atoms with Gasteiger partial charge in [0.15, 0.2) is 0 Å². The number of alkyl halides is 3. The smallest absolute Gasteiger partial charge is 0.441 e. The largest absolute Gasteiger partial charge is 0.477 e. The molecule has 0 unspecified atom stereocenters. The van der Waals surface area contributed by atoms with Crippen molar-refractivity contribution in [2.24, 2.45) is 0 Å². The van der Waals surface area contributed by atoms with Crippen molar-refractivity contribution < 1.29 is 27.9 Å². The van der Waals surface area contributed by atoms with Crippen LogP contribution in [0.15, 0.2) is 0 Å². The number of aromatic nitrogens is 1. The van der Waals surface area contributed by atoms with Crippen molar-refractivity contribution in [2.75, 3.05) is 12.3 Å². The molecule has 0 aliphatic rings. The second kappa shape index (κ2) is 6.21. The van der Waals surface area contributed by atoms with Crippen LogP contribution in [0.4, 0.5) is 13.2 Å². The van der Waals surface area contributed by atoms with E-state index in [2.05, 4.69) is 10.3 Å². The van der Waals surface area contributed by atoms with Gasteiger partial charge in [0, 0.05) is 18.0 Å². The van der Waals surface area contributed by atoms with Crippen molar-refractivity contribution >= 4 is 23.6 Å². The van der Waals surface area contributed by atoms with Crippen LogP contribution in [0.5, 0.6) is 0 Å². The maximum atomic E-state index is 11.9. The van der Waals surface area contributed by atoms with Crippen LogP contribution in [0.2, 0.25) is 0 Å². The molecule has 0 aliphatic carbocycles. The lowest BCUT2D eigenvalue weighted by Gasteiger charge is -2.07. The first-order valence-electron chi connectivity index (χ1n) is 5.55. The van der Waals surface area contributed by atoms with Gasteiger partial charge < -0.3 is 15.4 Å². The molecule has 0 saturated heterocycles. The molecule has 0 radical (unpaired) electrons. The monoisotopic (exact) mass is 310 g/mol. The van der Waals surface area contributed by atoms with Crippen LogP contribution >= 0.6 is 11.8 Å². The third-order valence-electron chi connectivity index (χ3n) is 2.53. The minimum Gasteiger partial charge on any atom is -0.477 e. The summed E-state index contributed by atoms with van der Waals surface area (Å²) in [6.45, 7) is 2.83. The Morgan fingerprint density at radius 1 is 1.35 bits per heavy atom. The summed E-state index contributed by atoms with van der Waals surface area (Å²) in [5, 5.41) is 11.2. The Morgan fingerprint density at radius 2 is 1.95 bits per heavy atom. The number of nitrogens with one attached hydrogen (secondary N) is 2. The highest BCUT2D eigenvalue weighted by atomic mass is 32.2. The van der Waals surface area contributed by atoms with E-state index in [1.807, 2.05) is 0 Å². The lowest BCUT2D eigenvalue weighted by atomic mass is 10.1. The number of carbonyl (C=O) groups excluding carboxylic acids is 1. The molecule has 1 amide bonds. The molecule has 1 aromatic heterocycles. The second-order valence-electron chi connectivity index (χ2n) is 3.98. The van der Waals surface area contributed by atoms with Gasteiger partial charge in [0.25, 0.3) is 5.91 Å². The highest BCUT2D eigenvalue weighted by Gasteiger charge is 2.27. The topological polar surface area (TPSA) is 82.2 Å². The zero-order valence-corrected chi connectivity index (χ0v) is 11.5. The average Bonchev–Trinajstić information content (AvgIpc) is 2.59. The third-order valence-corrected chi connectivity index (χ3v) is 3.27. The highest BCUT2D eigenvalue weighted by Crippen LogP contribution is 2.29. The number of thioether (sulfide) groups is 1. The standard InChI is InChI=1S/C11H13F3N2O3S/c1-5-7(6(2)16-8(5)10(18)19)9(17)15-3-4-20-11(12,13)14/h16H,3-4H2,1-2H3,(H,15,17)(H,18,19). The number of hydrogen-bond donors (Lipinski definition) is 3. The molecule has 5 nitrogen and oxygen atoms in total. The number of carbonyl (C=O) groups is 2. The zero-order valence-electron chi connectivity index (χ0n) is 10.7. The first-order chi connectivity index (χ1) is 9.13. The van der Waals surface area contributed by atoms with Crippen molar-refractivity contribution in [3.05, 3.63) is 22.5 Å². The second-order valence-corrected chi connectivity index (χ2v) is 5.14. The van der Waals surface area contributed by atoms with Crippen LogP contribution in [0.1, 0.15) is 32.1 Å². The zero-order chi connectivity index (χ0) is 15.5. The summed E-state index contributed by atoms with van der Waals surface area (Å²) in [5.41, 5.74) is -3.66. The molecule has 1 heterocycles. The highest BCUT2D eigenvalue weighted by molar-refractivity contribution is 8.00. The summed E-state index contributed by atoms with van der Waals surface area (Å²) in [7, 11) is 0. The Hall–Kier alpha value is -1.64. The van der Waals surface area contributed by atoms with Crippen LogP contribution in [0, 0.1) is 13.8 Å². The van der Waals surface area contributed by atoms with Crippen LogP contribution < -0.4 is 5.32 Å². The summed E-state index contributed by atoms with van der Waals surface area (Å²) >= 11 is -0.227. The molecule has 1 rings (SSSR count). The number of rotatable bonds is 5. The van der Waals surface area contributed by atoms with Crippen molar-refractivity contribution in [2.45, 2.75) is 19.4 Å². The Balaban J connectivity index is 2.67. The number of halogens is 3. The fourth-order valence-corrected chi connectivity index (χ4v) is 2.16. The maximum absolute atomic E-state index is 11.9. The van der Waals surface area contributed by atoms with Crippen molar-refractivity contribution in [3.63, 3.8) is 0 Å². The average molecular weight is 310 g/mol. The molecule has 0 spiro atoms. The van der Waals surface area contributed by atoms with E-state index in [9.17, 15) is 22.8 Å². The predicted molar refractivity (Wildman–Crippen MR) is 68.1 cm³/mol. The van der Waals surface area contributed by atoms with Gasteiger partial charge in [-0.2, -0.15) is 13.2 Å². The summed E-state index contributed by atoms with van der Waals surface area (Å²) in [5.74, 6) is -2.09. The van der Waals surface area contributed by atoms with Gasteiger partial charge in [0.05, 0.1) is 5.56 Å². The minimum absolute atomic E-state index is 0.0997. The van der Waals surface area contributed by atoms with Gasteiger partial charge in [0.2, 0.25) is 0 Å². The predicted octanol–water partition coefficient (Wildman–Crippen LogP) is 2.31. The van der Waals surface area contributed by atoms with E-state index >= 15 is 0 Å². The van der Waals surface area contributed by atoms with Crippen molar-refractivity contribution in [1.82, 2.24) is 10.3 Å². The van der Waals surface area contributed by atoms with E-state index in [1.54, 1.807) is 0 Å². The first-order valence-corrected chi connectivity index (χ1v) is 6.53. The summed E-state index contributed by atoms with van der Waals surface area (Å²) in [4.78, 5) is 25.3. The Labute approximate surface area is 116 Å². The Kier molecular flexibility index (Phi) is 5.09. The Bertz CT molecular complexity index is 526. The van der Waals surface area contributed by atoms with Gasteiger partial charge >= 0.3 is 11.5 Å². The number of hydrogen-bond acceptors (Lipinski definition) is 3. The van der Waals surface area contributed by atoms with Crippen LogP contribution in [0.3, 0.4) is 0 Å². The van der Waals surface area contributed by atoms with Gasteiger partial charge in [-0.3, -0.25) is 4.79 Å². The number of amides is 1. The number of H-pyrrole nitrogens is 1. The molecule has 0 bridgehead atoms.